The first-order valence-electron chi connectivity index (χ1n) is 7.59. The van der Waals surface area contributed by atoms with Gasteiger partial charge >= 0.3 is 18.0 Å². The zero-order valence-electron chi connectivity index (χ0n) is 13.4. The molecule has 3 rings (SSSR count). The fraction of sp³-hybridized carbons (Fsp3) is 0.167. The van der Waals surface area contributed by atoms with Gasteiger partial charge in [0.05, 0.1) is 11.9 Å². The maximum absolute atomic E-state index is 14.6. The van der Waals surface area contributed by atoms with Crippen LogP contribution in [0.2, 0.25) is 0 Å². The Morgan fingerprint density at radius 1 is 0.704 bits per heavy atom. The fourth-order valence-electron chi connectivity index (χ4n) is 2.57. The molecule has 2 nitrogen and oxygen atoms in total. The zero-order valence-corrected chi connectivity index (χ0v) is 13.4. The SMILES string of the molecule is FC(F)(F)C(F)(F)C(F)(F)c1c(-c2ccccc2)cnn1-c1ccccc1. The Kier molecular flexibility index (Phi) is 4.49. The molecule has 0 aliphatic heterocycles. The van der Waals surface area contributed by atoms with E-state index in [1.54, 1.807) is 6.07 Å². The lowest BCUT2D eigenvalue weighted by molar-refractivity contribution is -0.360. The summed E-state index contributed by atoms with van der Waals surface area (Å²) in [4.78, 5) is 0. The summed E-state index contributed by atoms with van der Waals surface area (Å²) in [5, 5.41) is 3.66. The predicted octanol–water partition coefficient (Wildman–Crippen LogP) is 5.83. The van der Waals surface area contributed by atoms with E-state index in [1.807, 2.05) is 0 Å². The summed E-state index contributed by atoms with van der Waals surface area (Å²) in [5.74, 6) is -11.9. The molecule has 27 heavy (non-hydrogen) atoms. The lowest BCUT2D eigenvalue weighted by Crippen LogP contribution is -2.51. The van der Waals surface area contributed by atoms with Crippen LogP contribution in [0.1, 0.15) is 5.69 Å². The number of nitrogens with zero attached hydrogens (tertiary/aromatic N) is 2. The standard InChI is InChI=1S/C18H11F7N2/c19-16(20,17(21,22)18(23,24)25)15-14(12-7-3-1-4-8-12)11-26-27(15)13-9-5-2-6-10-13/h1-11H. The van der Waals surface area contributed by atoms with Crippen molar-refractivity contribution >= 4 is 0 Å². The van der Waals surface area contributed by atoms with Crippen LogP contribution >= 0.6 is 0 Å². The molecule has 1 aromatic heterocycles. The Labute approximate surface area is 148 Å². The van der Waals surface area contributed by atoms with Gasteiger partial charge in [0.1, 0.15) is 5.69 Å². The summed E-state index contributed by atoms with van der Waals surface area (Å²) in [7, 11) is 0. The van der Waals surface area contributed by atoms with Crippen molar-refractivity contribution in [1.29, 1.82) is 0 Å². The molecule has 0 N–H and O–H groups in total. The highest BCUT2D eigenvalue weighted by atomic mass is 19.4. The van der Waals surface area contributed by atoms with Crippen molar-refractivity contribution < 1.29 is 30.7 Å². The van der Waals surface area contributed by atoms with Crippen LogP contribution in [0.25, 0.3) is 16.8 Å². The average molecular weight is 388 g/mol. The molecule has 3 aromatic rings. The number of aromatic nitrogens is 2. The van der Waals surface area contributed by atoms with E-state index in [1.165, 1.54) is 54.6 Å². The van der Waals surface area contributed by atoms with Gasteiger partial charge in [0, 0.05) is 5.56 Å². The van der Waals surface area contributed by atoms with Crippen LogP contribution in [0.5, 0.6) is 0 Å². The molecule has 0 aliphatic rings. The Hall–Kier alpha value is -2.84. The number of benzene rings is 2. The van der Waals surface area contributed by atoms with E-state index < -0.39 is 29.3 Å². The van der Waals surface area contributed by atoms with Gasteiger partial charge in [-0.05, 0) is 17.7 Å². The predicted molar refractivity (Wildman–Crippen MR) is 83.9 cm³/mol. The smallest absolute Gasteiger partial charge is 0.231 e. The van der Waals surface area contributed by atoms with E-state index in [-0.39, 0.29) is 11.3 Å². The molecule has 9 heteroatoms. The largest absolute Gasteiger partial charge is 0.460 e. The first-order valence-corrected chi connectivity index (χ1v) is 7.59. The second-order valence-electron chi connectivity index (χ2n) is 5.67. The van der Waals surface area contributed by atoms with Gasteiger partial charge < -0.3 is 0 Å². The second kappa shape index (κ2) is 6.40. The maximum atomic E-state index is 14.6. The Morgan fingerprint density at radius 2 is 1.22 bits per heavy atom. The lowest BCUT2D eigenvalue weighted by Gasteiger charge is -2.29. The van der Waals surface area contributed by atoms with Crippen LogP contribution in [0.15, 0.2) is 66.9 Å². The van der Waals surface area contributed by atoms with Gasteiger partial charge in [0.2, 0.25) is 0 Å². The van der Waals surface area contributed by atoms with Crippen LogP contribution < -0.4 is 0 Å². The van der Waals surface area contributed by atoms with E-state index in [4.69, 9.17) is 0 Å². The van der Waals surface area contributed by atoms with E-state index in [0.29, 0.717) is 4.68 Å². The van der Waals surface area contributed by atoms with Crippen LogP contribution in [0.3, 0.4) is 0 Å². The van der Waals surface area contributed by atoms with Crippen molar-refractivity contribution in [1.82, 2.24) is 9.78 Å². The van der Waals surface area contributed by atoms with Crippen LogP contribution in [-0.4, -0.2) is 21.9 Å². The van der Waals surface area contributed by atoms with Crippen LogP contribution in [0, 0.1) is 0 Å². The molecule has 0 spiro atoms. The van der Waals surface area contributed by atoms with Gasteiger partial charge in [-0.1, -0.05) is 48.5 Å². The number of hydrogen-bond acceptors (Lipinski definition) is 1. The number of alkyl halides is 7. The quantitative estimate of drug-likeness (QED) is 0.515. The fourth-order valence-corrected chi connectivity index (χ4v) is 2.57. The Morgan fingerprint density at radius 3 is 1.74 bits per heavy atom. The van der Waals surface area contributed by atoms with Crippen molar-refractivity contribution in [3.05, 3.63) is 72.6 Å². The van der Waals surface area contributed by atoms with Crippen molar-refractivity contribution in [2.75, 3.05) is 0 Å². The summed E-state index contributed by atoms with van der Waals surface area (Å²) >= 11 is 0. The molecule has 0 amide bonds. The molecule has 1 heterocycles. The molecule has 0 saturated heterocycles. The van der Waals surface area contributed by atoms with Gasteiger partial charge in [-0.3, -0.25) is 0 Å². The Balaban J connectivity index is 2.31. The van der Waals surface area contributed by atoms with Crippen molar-refractivity contribution in [3.8, 4) is 16.8 Å². The summed E-state index contributed by atoms with van der Waals surface area (Å²) in [6, 6.07) is 14.0. The second-order valence-corrected chi connectivity index (χ2v) is 5.67. The lowest BCUT2D eigenvalue weighted by atomic mass is 9.98. The molecule has 0 aliphatic carbocycles. The molecular weight excluding hydrogens is 377 g/mol. The topological polar surface area (TPSA) is 17.8 Å². The minimum Gasteiger partial charge on any atom is -0.231 e. The minimum absolute atomic E-state index is 0.0346. The molecule has 0 atom stereocenters. The van der Waals surface area contributed by atoms with Crippen molar-refractivity contribution in [2.45, 2.75) is 18.0 Å². The normalized spacial score (nSPS) is 13.0. The summed E-state index contributed by atoms with van der Waals surface area (Å²) in [6.45, 7) is 0. The number of halogens is 7. The molecule has 0 radical (unpaired) electrons. The average Bonchev–Trinajstić information content (AvgIpc) is 3.08. The number of hydrogen-bond donors (Lipinski definition) is 0. The van der Waals surface area contributed by atoms with E-state index in [2.05, 4.69) is 5.10 Å². The first-order chi connectivity index (χ1) is 12.6. The van der Waals surface area contributed by atoms with Gasteiger partial charge in [0.25, 0.3) is 0 Å². The Bertz CT molecular complexity index is 859. The van der Waals surface area contributed by atoms with Crippen molar-refractivity contribution in [2.24, 2.45) is 0 Å². The van der Waals surface area contributed by atoms with E-state index >= 15 is 0 Å². The van der Waals surface area contributed by atoms with Crippen molar-refractivity contribution in [3.63, 3.8) is 0 Å². The highest BCUT2D eigenvalue weighted by Gasteiger charge is 2.75. The molecule has 0 saturated carbocycles. The molecule has 142 valence electrons. The molecule has 0 unspecified atom stereocenters. The van der Waals surface area contributed by atoms with E-state index in [0.717, 1.165) is 6.20 Å². The highest BCUT2D eigenvalue weighted by Crippen LogP contribution is 2.53. The zero-order chi connectivity index (χ0) is 19.9. The van der Waals surface area contributed by atoms with E-state index in [9.17, 15) is 30.7 Å². The molecule has 2 aromatic carbocycles. The molecule has 0 fully saturated rings. The van der Waals surface area contributed by atoms with Gasteiger partial charge in [-0.2, -0.15) is 35.8 Å². The first kappa shape index (κ1) is 18.9. The van der Waals surface area contributed by atoms with Crippen LogP contribution in [0.4, 0.5) is 30.7 Å². The van der Waals surface area contributed by atoms with Gasteiger partial charge in [-0.15, -0.1) is 0 Å². The third-order valence-corrected chi connectivity index (χ3v) is 3.90. The minimum atomic E-state index is -6.45. The maximum Gasteiger partial charge on any atom is 0.460 e. The number of para-hydroxylation sites is 1. The third-order valence-electron chi connectivity index (χ3n) is 3.90. The summed E-state index contributed by atoms with van der Waals surface area (Å²) in [6.07, 6.45) is -5.60. The monoisotopic (exact) mass is 388 g/mol. The highest BCUT2D eigenvalue weighted by molar-refractivity contribution is 5.67. The van der Waals surface area contributed by atoms with Gasteiger partial charge in [0.15, 0.2) is 0 Å². The molecular formula is C18H11F7N2. The summed E-state index contributed by atoms with van der Waals surface area (Å²) in [5.41, 5.74) is -2.10. The molecule has 0 bridgehead atoms. The van der Waals surface area contributed by atoms with Gasteiger partial charge in [-0.25, -0.2) is 4.68 Å². The summed E-state index contributed by atoms with van der Waals surface area (Å²) < 4.78 is 95.3. The third kappa shape index (κ3) is 3.07. The van der Waals surface area contributed by atoms with Crippen LogP contribution in [-0.2, 0) is 5.92 Å². The number of rotatable bonds is 4.